The summed E-state index contributed by atoms with van der Waals surface area (Å²) in [6.45, 7) is 3.36. The Hall–Kier alpha value is -5.87. The van der Waals surface area contributed by atoms with Crippen LogP contribution in [0.5, 0.6) is 0 Å². The van der Waals surface area contributed by atoms with Gasteiger partial charge in [0, 0.05) is 20.5 Å². The fourth-order valence-corrected chi connectivity index (χ4v) is 9.41. The Bertz CT molecular complexity index is 2500. The van der Waals surface area contributed by atoms with E-state index in [0.717, 1.165) is 33.4 Å². The zero-order valence-corrected chi connectivity index (χ0v) is 42.3. The number of methoxy groups -OCH3 is 1. The zero-order chi connectivity index (χ0) is 51.2. The predicted molar refractivity (Wildman–Crippen MR) is 280 cm³/mol. The van der Waals surface area contributed by atoms with E-state index >= 15 is 0 Å². The number of aliphatic hydroxyl groups is 1. The highest BCUT2D eigenvalue weighted by Crippen LogP contribution is 2.35. The minimum atomic E-state index is -0.860. The number of carbonyl (C=O) groups is 1. The Kier molecular flexibility index (Phi) is 21.5. The van der Waals surface area contributed by atoms with Crippen LogP contribution >= 0.6 is 0 Å². The van der Waals surface area contributed by atoms with Crippen LogP contribution in [0.25, 0.3) is 0 Å². The summed E-state index contributed by atoms with van der Waals surface area (Å²) < 4.78 is 65.7. The molecule has 2 aliphatic heterocycles. The van der Waals surface area contributed by atoms with Crippen LogP contribution < -0.4 is 0 Å². The molecule has 0 amide bonds. The van der Waals surface area contributed by atoms with Gasteiger partial charge in [0.2, 0.25) is 0 Å². The van der Waals surface area contributed by atoms with E-state index in [1.54, 1.807) is 7.11 Å². The van der Waals surface area contributed by atoms with E-state index in [1.165, 1.54) is 6.92 Å². The number of benzene rings is 6. The molecular weight excluding hydrogens is 937 g/mol. The molecule has 2 fully saturated rings. The SMILES string of the molecule is CO[C@H]1O[C@H](C[C@H](O)C/C=C/C[C@H]2O[C@H](COCc3ccccc3)[C@@H](OCc3ccccc3)[C@H](OCc3ccccc3)[C@H]2OC(C)=O)[C@@H](OCc2ccccc2)[C@H](OCc2ccccc2)[C@H]1OCc1ccccc1. The van der Waals surface area contributed by atoms with Crippen LogP contribution in [0, 0.1) is 0 Å². The van der Waals surface area contributed by atoms with Crippen molar-refractivity contribution in [1.29, 1.82) is 0 Å². The Morgan fingerprint density at radius 1 is 0.473 bits per heavy atom. The highest BCUT2D eigenvalue weighted by Gasteiger charge is 2.50. The van der Waals surface area contributed by atoms with E-state index in [0.29, 0.717) is 26.2 Å². The van der Waals surface area contributed by atoms with E-state index < -0.39 is 73.3 Å². The van der Waals surface area contributed by atoms with Crippen molar-refractivity contribution in [1.82, 2.24) is 0 Å². The summed E-state index contributed by atoms with van der Waals surface area (Å²) in [5, 5.41) is 11.9. The van der Waals surface area contributed by atoms with Gasteiger partial charge in [-0.3, -0.25) is 4.79 Å². The normalized spacial score (nSPS) is 24.4. The lowest BCUT2D eigenvalue weighted by molar-refractivity contribution is -0.320. The largest absolute Gasteiger partial charge is 0.457 e. The maximum absolute atomic E-state index is 12.9. The summed E-state index contributed by atoms with van der Waals surface area (Å²) in [6.07, 6.45) is -3.10. The lowest BCUT2D eigenvalue weighted by Crippen LogP contribution is -2.61. The smallest absolute Gasteiger partial charge is 0.303 e. The molecule has 0 aromatic heterocycles. The Morgan fingerprint density at radius 2 is 0.851 bits per heavy atom. The molecule has 12 heteroatoms. The van der Waals surface area contributed by atoms with Gasteiger partial charge in [-0.25, -0.2) is 0 Å². The lowest BCUT2D eigenvalue weighted by Gasteiger charge is -2.46. The molecule has 0 unspecified atom stereocenters. The maximum atomic E-state index is 12.9. The fourth-order valence-electron chi connectivity index (χ4n) is 9.41. The third kappa shape index (κ3) is 16.6. The van der Waals surface area contributed by atoms with Crippen molar-refractivity contribution in [2.75, 3.05) is 13.7 Å². The molecule has 11 atom stereocenters. The van der Waals surface area contributed by atoms with Crippen molar-refractivity contribution in [3.8, 4) is 0 Å². The first kappa shape index (κ1) is 54.4. The number of aliphatic hydroxyl groups excluding tert-OH is 1. The molecule has 0 aliphatic carbocycles. The molecule has 2 saturated heterocycles. The fraction of sp³-hybridized carbons (Fsp3) is 0.371. The van der Waals surface area contributed by atoms with E-state index in [4.69, 9.17) is 47.4 Å². The summed E-state index contributed by atoms with van der Waals surface area (Å²) in [7, 11) is 1.59. The van der Waals surface area contributed by atoms with E-state index in [-0.39, 0.29) is 39.3 Å². The van der Waals surface area contributed by atoms with Crippen molar-refractivity contribution in [3.63, 3.8) is 0 Å². The number of hydrogen-bond donors (Lipinski definition) is 1. The van der Waals surface area contributed by atoms with Gasteiger partial charge in [-0.15, -0.1) is 0 Å². The molecule has 6 aromatic carbocycles. The van der Waals surface area contributed by atoms with Gasteiger partial charge in [-0.05, 0) is 46.2 Å². The third-order valence-corrected chi connectivity index (χ3v) is 13.1. The maximum Gasteiger partial charge on any atom is 0.303 e. The molecule has 0 spiro atoms. The first-order valence-corrected chi connectivity index (χ1v) is 25.6. The minimum absolute atomic E-state index is 0.191. The molecule has 74 heavy (non-hydrogen) atoms. The predicted octanol–water partition coefficient (Wildman–Crippen LogP) is 10.3. The third-order valence-electron chi connectivity index (χ3n) is 13.1. The van der Waals surface area contributed by atoms with Gasteiger partial charge in [-0.1, -0.05) is 194 Å². The van der Waals surface area contributed by atoms with Crippen LogP contribution in [-0.2, 0) is 91.8 Å². The second-order valence-corrected chi connectivity index (χ2v) is 18.7. The van der Waals surface area contributed by atoms with Crippen molar-refractivity contribution in [3.05, 3.63) is 228 Å². The molecule has 1 N–H and O–H groups in total. The van der Waals surface area contributed by atoms with Crippen LogP contribution in [0.3, 0.4) is 0 Å². The summed E-state index contributed by atoms with van der Waals surface area (Å²) >= 11 is 0. The topological polar surface area (TPSA) is 130 Å². The van der Waals surface area contributed by atoms with Crippen LogP contribution in [0.15, 0.2) is 194 Å². The highest BCUT2D eigenvalue weighted by molar-refractivity contribution is 5.66. The molecule has 2 aliphatic rings. The number of ether oxygens (including phenoxy) is 10. The monoisotopic (exact) mass is 1010 g/mol. The number of rotatable bonds is 27. The van der Waals surface area contributed by atoms with Gasteiger partial charge in [0.1, 0.15) is 42.7 Å². The second kappa shape index (κ2) is 29.3. The first-order valence-electron chi connectivity index (χ1n) is 25.6. The molecule has 0 radical (unpaired) electrons. The van der Waals surface area contributed by atoms with Gasteiger partial charge in [-0.2, -0.15) is 0 Å². The number of esters is 1. The minimum Gasteiger partial charge on any atom is -0.457 e. The Balaban J connectivity index is 1.01. The lowest BCUT2D eigenvalue weighted by atomic mass is 9.92. The van der Waals surface area contributed by atoms with E-state index in [9.17, 15) is 9.90 Å². The molecule has 2 heterocycles. The van der Waals surface area contributed by atoms with Gasteiger partial charge in [0.15, 0.2) is 12.4 Å². The van der Waals surface area contributed by atoms with Crippen LogP contribution in [0.1, 0.15) is 59.6 Å². The van der Waals surface area contributed by atoms with E-state index in [1.807, 2.05) is 194 Å². The van der Waals surface area contributed by atoms with Crippen molar-refractivity contribution >= 4 is 5.97 Å². The molecule has 0 saturated carbocycles. The molecule has 12 nitrogen and oxygen atoms in total. The van der Waals surface area contributed by atoms with Gasteiger partial charge in [0.05, 0.1) is 58.5 Å². The molecule has 6 aromatic rings. The average molecular weight is 1010 g/mol. The summed E-state index contributed by atoms with van der Waals surface area (Å²) in [4.78, 5) is 12.9. The van der Waals surface area contributed by atoms with Crippen molar-refractivity contribution < 1.29 is 57.3 Å². The standard InChI is InChI=1S/C62H70O12/c1-45(63)72-58-53(73-55(44-66-38-46-23-9-3-10-24-46)57(68-40-48-27-13-5-14-28-48)59(58)69-41-49-29-15-6-16-30-49)36-22-21-35-52(64)37-54-56(67-39-47-25-11-4-12-26-47)60(70-42-50-31-17-7-18-32-50)61(62(65-2)74-54)71-43-51-33-19-8-20-34-51/h3-34,52-62,64H,35-44H2,1-2H3/b22-21+/t52-,53-,54-,55-,56-,57-,58+,59+,60+,61-,62+/m1/s1. The molecule has 8 rings (SSSR count). The molecule has 390 valence electrons. The number of hydrogen-bond acceptors (Lipinski definition) is 12. The van der Waals surface area contributed by atoms with Gasteiger partial charge in [0.25, 0.3) is 0 Å². The summed E-state index contributed by atoms with van der Waals surface area (Å²) in [6, 6.07) is 59.6. The Morgan fingerprint density at radius 3 is 1.27 bits per heavy atom. The number of carbonyl (C=O) groups excluding carboxylic acids is 1. The quantitative estimate of drug-likeness (QED) is 0.0390. The highest BCUT2D eigenvalue weighted by atomic mass is 16.7. The Labute approximate surface area is 436 Å². The second-order valence-electron chi connectivity index (χ2n) is 18.7. The first-order chi connectivity index (χ1) is 36.4. The average Bonchev–Trinajstić information content (AvgIpc) is 3.44. The summed E-state index contributed by atoms with van der Waals surface area (Å²) in [5.74, 6) is -0.471. The van der Waals surface area contributed by atoms with Gasteiger partial charge < -0.3 is 52.5 Å². The van der Waals surface area contributed by atoms with Crippen molar-refractivity contribution in [2.45, 2.75) is 133 Å². The van der Waals surface area contributed by atoms with Crippen LogP contribution in [-0.4, -0.2) is 92.1 Å². The van der Waals surface area contributed by atoms with Gasteiger partial charge >= 0.3 is 5.97 Å². The summed E-state index contributed by atoms with van der Waals surface area (Å²) in [5.41, 5.74) is 5.92. The molecular formula is C62H70O12. The van der Waals surface area contributed by atoms with Crippen LogP contribution in [0.2, 0.25) is 0 Å². The molecule has 0 bridgehead atoms. The van der Waals surface area contributed by atoms with Crippen molar-refractivity contribution in [2.24, 2.45) is 0 Å². The van der Waals surface area contributed by atoms with E-state index in [2.05, 4.69) is 0 Å². The van der Waals surface area contributed by atoms with Crippen LogP contribution in [0.4, 0.5) is 0 Å². The zero-order valence-electron chi connectivity index (χ0n) is 42.3.